The SMILES string of the molecule is C=Cc1cccc2c1C(=O)c1ccccc1C2=O.Nc1ccccc1. The van der Waals surface area contributed by atoms with E-state index in [1.54, 1.807) is 48.5 Å². The van der Waals surface area contributed by atoms with Gasteiger partial charge in [0.05, 0.1) is 0 Å². The number of para-hydroxylation sites is 1. The summed E-state index contributed by atoms with van der Waals surface area (Å²) in [5.74, 6) is -0.195. The highest BCUT2D eigenvalue weighted by Crippen LogP contribution is 2.29. The van der Waals surface area contributed by atoms with Gasteiger partial charge in [-0.25, -0.2) is 0 Å². The lowest BCUT2D eigenvalue weighted by molar-refractivity contribution is 0.0979. The molecule has 0 radical (unpaired) electrons. The molecule has 1 aliphatic rings. The van der Waals surface area contributed by atoms with Crippen molar-refractivity contribution in [3.05, 3.63) is 107 Å². The summed E-state index contributed by atoms with van der Waals surface area (Å²) in [6, 6.07) is 21.7. The summed E-state index contributed by atoms with van der Waals surface area (Å²) >= 11 is 0. The Hall–Kier alpha value is -3.46. The van der Waals surface area contributed by atoms with Gasteiger partial charge in [-0.05, 0) is 17.7 Å². The fraction of sp³-hybridized carbons (Fsp3) is 0. The average molecular weight is 327 g/mol. The van der Waals surface area contributed by atoms with Gasteiger partial charge < -0.3 is 5.73 Å². The lowest BCUT2D eigenvalue weighted by atomic mass is 9.82. The van der Waals surface area contributed by atoms with Crippen LogP contribution in [0.15, 0.2) is 79.4 Å². The molecule has 0 heterocycles. The van der Waals surface area contributed by atoms with E-state index >= 15 is 0 Å². The van der Waals surface area contributed by atoms with Crippen molar-refractivity contribution in [2.45, 2.75) is 0 Å². The molecule has 0 amide bonds. The monoisotopic (exact) mass is 327 g/mol. The summed E-state index contributed by atoms with van der Waals surface area (Å²) in [4.78, 5) is 24.8. The van der Waals surface area contributed by atoms with Crippen LogP contribution in [0.4, 0.5) is 5.69 Å². The second-order valence-corrected chi connectivity index (χ2v) is 5.59. The van der Waals surface area contributed by atoms with Crippen molar-refractivity contribution in [1.82, 2.24) is 0 Å². The maximum atomic E-state index is 12.4. The molecular weight excluding hydrogens is 310 g/mol. The fourth-order valence-corrected chi connectivity index (χ4v) is 2.79. The highest BCUT2D eigenvalue weighted by molar-refractivity contribution is 6.29. The summed E-state index contributed by atoms with van der Waals surface area (Å²) in [7, 11) is 0. The third-order valence-electron chi connectivity index (χ3n) is 4.00. The van der Waals surface area contributed by atoms with E-state index in [1.165, 1.54) is 0 Å². The van der Waals surface area contributed by atoms with E-state index < -0.39 is 0 Å². The molecule has 3 nitrogen and oxygen atoms in total. The van der Waals surface area contributed by atoms with Crippen molar-refractivity contribution in [3.8, 4) is 0 Å². The van der Waals surface area contributed by atoms with Crippen LogP contribution >= 0.6 is 0 Å². The maximum absolute atomic E-state index is 12.4. The Balaban J connectivity index is 0.000000219. The molecule has 3 aromatic carbocycles. The van der Waals surface area contributed by atoms with Gasteiger partial charge in [-0.15, -0.1) is 0 Å². The standard InChI is InChI=1S/C16H10O2.C6H7N/c1-2-10-6-5-9-13-14(10)16(18)12-8-4-3-7-11(12)15(13)17;7-6-4-2-1-3-5-6/h2-9H,1H2;1-5H,7H2. The van der Waals surface area contributed by atoms with Gasteiger partial charge in [-0.1, -0.05) is 73.3 Å². The van der Waals surface area contributed by atoms with Crippen LogP contribution in [-0.4, -0.2) is 11.6 Å². The average Bonchev–Trinajstić information content (AvgIpc) is 2.66. The molecule has 0 aliphatic heterocycles. The molecule has 4 rings (SSSR count). The van der Waals surface area contributed by atoms with E-state index in [0.717, 1.165) is 5.69 Å². The number of ketones is 2. The minimum atomic E-state index is -0.101. The van der Waals surface area contributed by atoms with E-state index in [0.29, 0.717) is 27.8 Å². The molecule has 0 saturated carbocycles. The first-order valence-corrected chi connectivity index (χ1v) is 7.88. The molecule has 0 aromatic heterocycles. The smallest absolute Gasteiger partial charge is 0.195 e. The second-order valence-electron chi connectivity index (χ2n) is 5.59. The van der Waals surface area contributed by atoms with Crippen LogP contribution in [0.1, 0.15) is 37.4 Å². The van der Waals surface area contributed by atoms with E-state index in [2.05, 4.69) is 6.58 Å². The predicted molar refractivity (Wildman–Crippen MR) is 101 cm³/mol. The van der Waals surface area contributed by atoms with Crippen molar-refractivity contribution in [1.29, 1.82) is 0 Å². The Labute approximate surface area is 146 Å². The third kappa shape index (κ3) is 3.12. The van der Waals surface area contributed by atoms with Gasteiger partial charge in [0, 0.05) is 27.9 Å². The number of hydrogen-bond donors (Lipinski definition) is 1. The first kappa shape index (κ1) is 16.4. The first-order chi connectivity index (χ1) is 12.1. The van der Waals surface area contributed by atoms with Gasteiger partial charge >= 0.3 is 0 Å². The highest BCUT2D eigenvalue weighted by atomic mass is 16.1. The van der Waals surface area contributed by atoms with Crippen molar-refractivity contribution >= 4 is 23.3 Å². The van der Waals surface area contributed by atoms with Gasteiger partial charge in [0.2, 0.25) is 0 Å². The second kappa shape index (κ2) is 6.97. The normalized spacial score (nSPS) is 11.7. The Morgan fingerprint density at radius 1 is 0.680 bits per heavy atom. The highest BCUT2D eigenvalue weighted by Gasteiger charge is 2.30. The summed E-state index contributed by atoms with van der Waals surface area (Å²) in [6.07, 6.45) is 1.61. The molecule has 0 atom stereocenters. The van der Waals surface area contributed by atoms with Crippen molar-refractivity contribution in [2.24, 2.45) is 0 Å². The number of anilines is 1. The topological polar surface area (TPSA) is 60.2 Å². The number of benzene rings is 3. The van der Waals surface area contributed by atoms with Gasteiger partial charge in [0.25, 0.3) is 0 Å². The van der Waals surface area contributed by atoms with Gasteiger partial charge in [-0.2, -0.15) is 0 Å². The van der Waals surface area contributed by atoms with E-state index in [-0.39, 0.29) is 11.6 Å². The van der Waals surface area contributed by atoms with Crippen molar-refractivity contribution in [2.75, 3.05) is 5.73 Å². The molecule has 25 heavy (non-hydrogen) atoms. The number of nitrogens with two attached hydrogens (primary N) is 1. The lowest BCUT2D eigenvalue weighted by Gasteiger charge is -2.18. The van der Waals surface area contributed by atoms with Crippen LogP contribution < -0.4 is 5.73 Å². The molecule has 0 saturated heterocycles. The number of hydrogen-bond acceptors (Lipinski definition) is 3. The summed E-state index contributed by atoms with van der Waals surface area (Å²) < 4.78 is 0. The zero-order valence-corrected chi connectivity index (χ0v) is 13.6. The lowest BCUT2D eigenvalue weighted by Crippen LogP contribution is -2.21. The van der Waals surface area contributed by atoms with Crippen LogP contribution in [0.3, 0.4) is 0 Å². The minimum absolute atomic E-state index is 0.0936. The van der Waals surface area contributed by atoms with Crippen LogP contribution in [0.5, 0.6) is 0 Å². The molecule has 0 bridgehead atoms. The maximum Gasteiger partial charge on any atom is 0.195 e. The summed E-state index contributed by atoms with van der Waals surface area (Å²) in [5, 5.41) is 0. The number of carbonyl (C=O) groups is 2. The minimum Gasteiger partial charge on any atom is -0.399 e. The fourth-order valence-electron chi connectivity index (χ4n) is 2.79. The van der Waals surface area contributed by atoms with E-state index in [1.807, 2.05) is 30.3 Å². The summed E-state index contributed by atoms with van der Waals surface area (Å²) in [5.41, 5.74) is 8.78. The Kier molecular flexibility index (Phi) is 4.57. The van der Waals surface area contributed by atoms with Crippen molar-refractivity contribution < 1.29 is 9.59 Å². The predicted octanol–water partition coefficient (Wildman–Crippen LogP) is 4.37. The van der Waals surface area contributed by atoms with Crippen LogP contribution in [0.2, 0.25) is 0 Å². The van der Waals surface area contributed by atoms with Crippen LogP contribution in [-0.2, 0) is 0 Å². The molecule has 122 valence electrons. The van der Waals surface area contributed by atoms with E-state index in [4.69, 9.17) is 5.73 Å². The molecule has 0 spiro atoms. The zero-order valence-electron chi connectivity index (χ0n) is 13.6. The quantitative estimate of drug-likeness (QED) is 0.528. The molecule has 3 heteroatoms. The molecule has 1 aliphatic carbocycles. The van der Waals surface area contributed by atoms with Gasteiger partial charge in [0.15, 0.2) is 11.6 Å². The Morgan fingerprint density at radius 3 is 1.80 bits per heavy atom. The zero-order chi connectivity index (χ0) is 17.8. The number of fused-ring (bicyclic) bond motifs is 2. The van der Waals surface area contributed by atoms with Gasteiger partial charge in [-0.3, -0.25) is 9.59 Å². The number of carbonyl (C=O) groups excluding carboxylic acids is 2. The Bertz CT molecular complexity index is 959. The van der Waals surface area contributed by atoms with Crippen molar-refractivity contribution in [3.63, 3.8) is 0 Å². The molecule has 0 fully saturated rings. The summed E-state index contributed by atoms with van der Waals surface area (Å²) in [6.45, 7) is 3.69. The van der Waals surface area contributed by atoms with Crippen LogP contribution in [0, 0.1) is 0 Å². The third-order valence-corrected chi connectivity index (χ3v) is 4.00. The molecule has 0 unspecified atom stereocenters. The van der Waals surface area contributed by atoms with Crippen LogP contribution in [0.25, 0.3) is 6.08 Å². The number of nitrogen functional groups attached to an aromatic ring is 1. The van der Waals surface area contributed by atoms with Gasteiger partial charge in [0.1, 0.15) is 0 Å². The Morgan fingerprint density at radius 2 is 1.24 bits per heavy atom. The molecular formula is C22H17NO2. The van der Waals surface area contributed by atoms with E-state index in [9.17, 15) is 9.59 Å². The molecule has 3 aromatic rings. The first-order valence-electron chi connectivity index (χ1n) is 7.88. The molecule has 2 N–H and O–H groups in total. The largest absolute Gasteiger partial charge is 0.399 e. The number of rotatable bonds is 1.